The number of rotatable bonds is 5. The minimum Gasteiger partial charge on any atom is -0.479 e. The van der Waals surface area contributed by atoms with E-state index in [0.717, 1.165) is 35.1 Å². The molecule has 7 nitrogen and oxygen atoms in total. The summed E-state index contributed by atoms with van der Waals surface area (Å²) in [6.07, 6.45) is 1.40. The summed E-state index contributed by atoms with van der Waals surface area (Å²) in [5, 5.41) is 12.7. The van der Waals surface area contributed by atoms with E-state index in [-0.39, 0.29) is 24.3 Å². The Hall–Kier alpha value is -3.35. The number of hydrogen-bond acceptors (Lipinski definition) is 4. The molecule has 2 fully saturated rings. The van der Waals surface area contributed by atoms with Gasteiger partial charge in [0.05, 0.1) is 0 Å². The molecule has 2 aromatic rings. The second-order valence-electron chi connectivity index (χ2n) is 11.0. The van der Waals surface area contributed by atoms with E-state index in [0.29, 0.717) is 13.0 Å². The number of likely N-dealkylation sites (tertiary alicyclic amines) is 1. The molecule has 2 amide bonds. The lowest BCUT2D eigenvalue weighted by atomic mass is 9.85. The highest BCUT2D eigenvalue weighted by Gasteiger charge is 2.67. The molecule has 3 atom stereocenters. The molecule has 1 unspecified atom stereocenters. The Morgan fingerprint density at radius 2 is 1.69 bits per heavy atom. The van der Waals surface area contributed by atoms with Crippen molar-refractivity contribution in [1.29, 1.82) is 0 Å². The molecule has 0 spiro atoms. The molecule has 184 valence electrons. The van der Waals surface area contributed by atoms with Crippen LogP contribution in [0.1, 0.15) is 57.1 Å². The largest absolute Gasteiger partial charge is 0.479 e. The molecule has 2 aliphatic carbocycles. The number of fused-ring (bicyclic) bond motifs is 4. The summed E-state index contributed by atoms with van der Waals surface area (Å²) in [5.74, 6) is -1.39. The topological polar surface area (TPSA) is 95.9 Å². The normalized spacial score (nSPS) is 23.5. The Morgan fingerprint density at radius 3 is 2.26 bits per heavy atom. The molecule has 7 heteroatoms. The minimum atomic E-state index is -1.12. The van der Waals surface area contributed by atoms with Crippen LogP contribution in [0.15, 0.2) is 48.5 Å². The quantitative estimate of drug-likeness (QED) is 0.667. The Kier molecular flexibility index (Phi) is 5.61. The van der Waals surface area contributed by atoms with Crippen molar-refractivity contribution >= 4 is 18.0 Å². The highest BCUT2D eigenvalue weighted by atomic mass is 16.5. The lowest BCUT2D eigenvalue weighted by molar-refractivity contribution is -0.156. The second kappa shape index (κ2) is 8.40. The number of nitrogens with zero attached hydrogens (tertiary/aromatic N) is 1. The molecule has 1 saturated heterocycles. The van der Waals surface area contributed by atoms with Crippen LogP contribution in [0.4, 0.5) is 4.79 Å². The monoisotopic (exact) mass is 476 g/mol. The third-order valence-corrected chi connectivity index (χ3v) is 7.84. The molecule has 0 bridgehead atoms. The third-order valence-electron chi connectivity index (χ3n) is 7.84. The van der Waals surface area contributed by atoms with E-state index in [1.54, 1.807) is 0 Å². The average molecular weight is 477 g/mol. The highest BCUT2D eigenvalue weighted by Crippen LogP contribution is 2.54. The Labute approximate surface area is 205 Å². The molecule has 0 radical (unpaired) electrons. The zero-order valence-corrected chi connectivity index (χ0v) is 20.4. The maximum absolute atomic E-state index is 13.6. The van der Waals surface area contributed by atoms with Crippen LogP contribution < -0.4 is 5.32 Å². The van der Waals surface area contributed by atoms with Crippen LogP contribution in [0, 0.1) is 11.3 Å². The van der Waals surface area contributed by atoms with E-state index >= 15 is 0 Å². The van der Waals surface area contributed by atoms with E-state index in [9.17, 15) is 19.5 Å². The summed E-state index contributed by atoms with van der Waals surface area (Å²) in [7, 11) is 0. The van der Waals surface area contributed by atoms with Crippen molar-refractivity contribution in [3.8, 4) is 11.1 Å². The smallest absolute Gasteiger partial charge is 0.407 e. The molecule has 2 N–H and O–H groups in total. The predicted octanol–water partition coefficient (Wildman–Crippen LogP) is 4.41. The van der Waals surface area contributed by atoms with Gasteiger partial charge in [-0.25, -0.2) is 9.59 Å². The summed E-state index contributed by atoms with van der Waals surface area (Å²) in [6.45, 7) is 6.12. The van der Waals surface area contributed by atoms with Crippen LogP contribution in [-0.4, -0.2) is 52.7 Å². The highest BCUT2D eigenvalue weighted by molar-refractivity contribution is 5.94. The van der Waals surface area contributed by atoms with Crippen LogP contribution in [0.5, 0.6) is 0 Å². The Bertz CT molecular complexity index is 1140. The van der Waals surface area contributed by atoms with Gasteiger partial charge in [-0.1, -0.05) is 69.3 Å². The van der Waals surface area contributed by atoms with E-state index in [1.807, 2.05) is 45.0 Å². The molecule has 1 aliphatic heterocycles. The van der Waals surface area contributed by atoms with Gasteiger partial charge in [-0.2, -0.15) is 0 Å². The number of hydrogen-bond donors (Lipinski definition) is 2. The molecule has 2 aromatic carbocycles. The zero-order valence-electron chi connectivity index (χ0n) is 20.4. The van der Waals surface area contributed by atoms with E-state index in [1.165, 1.54) is 4.90 Å². The second-order valence-corrected chi connectivity index (χ2v) is 11.0. The van der Waals surface area contributed by atoms with Crippen LogP contribution in [-0.2, 0) is 14.3 Å². The first kappa shape index (κ1) is 23.4. The SMILES string of the molecule is CC(C)(C)C(NC(=O)OCC1c2ccccc2-c2ccccc21)C(=O)N1CCC[C@@H]2C[C@@]21C(=O)O. The van der Waals surface area contributed by atoms with E-state index in [2.05, 4.69) is 29.6 Å². The number of amides is 2. The van der Waals surface area contributed by atoms with Gasteiger partial charge in [0.25, 0.3) is 0 Å². The van der Waals surface area contributed by atoms with Crippen molar-refractivity contribution in [2.45, 2.75) is 57.5 Å². The number of carboxylic acids is 1. The summed E-state index contributed by atoms with van der Waals surface area (Å²) in [4.78, 5) is 40.1. The minimum absolute atomic E-state index is 0.00669. The third kappa shape index (κ3) is 3.87. The molecule has 0 aromatic heterocycles. The maximum atomic E-state index is 13.6. The molecule has 5 rings (SSSR count). The van der Waals surface area contributed by atoms with Crippen molar-refractivity contribution in [2.24, 2.45) is 11.3 Å². The van der Waals surface area contributed by atoms with Crippen molar-refractivity contribution in [2.75, 3.05) is 13.2 Å². The number of carboxylic acid groups (broad SMARTS) is 1. The average Bonchev–Trinajstić information content (AvgIpc) is 3.51. The number of ether oxygens (including phenoxy) is 1. The lowest BCUT2D eigenvalue weighted by Gasteiger charge is -2.39. The van der Waals surface area contributed by atoms with Gasteiger partial charge in [0.1, 0.15) is 18.2 Å². The fourth-order valence-electron chi connectivity index (χ4n) is 5.93. The number of alkyl carbamates (subject to hydrolysis) is 1. The summed E-state index contributed by atoms with van der Waals surface area (Å²) >= 11 is 0. The Morgan fingerprint density at radius 1 is 1.09 bits per heavy atom. The number of nitrogens with one attached hydrogen (secondary N) is 1. The fraction of sp³-hybridized carbons (Fsp3) is 0.464. The van der Waals surface area contributed by atoms with Crippen molar-refractivity contribution < 1.29 is 24.2 Å². The summed E-state index contributed by atoms with van der Waals surface area (Å²) in [5.41, 5.74) is 2.76. The number of aliphatic carboxylic acids is 1. The van der Waals surface area contributed by atoms with Crippen LogP contribution in [0.2, 0.25) is 0 Å². The molecule has 35 heavy (non-hydrogen) atoms. The van der Waals surface area contributed by atoms with Crippen LogP contribution in [0.3, 0.4) is 0 Å². The molecule has 3 aliphatic rings. The van der Waals surface area contributed by atoms with Gasteiger partial charge in [-0.15, -0.1) is 0 Å². The van der Waals surface area contributed by atoms with Gasteiger partial charge >= 0.3 is 12.1 Å². The standard InChI is InChI=1S/C28H32N2O5/c1-27(2,3)23(24(31)30-14-8-9-17-15-28(17,30)25(32)33)29-26(34)35-16-22-20-12-6-4-10-18(20)19-11-5-7-13-21(19)22/h4-7,10-13,17,22-23H,8-9,14-16H2,1-3H3,(H,29,34)(H,32,33)/t17-,23?,28+/m1/s1. The van der Waals surface area contributed by atoms with Crippen molar-refractivity contribution in [3.05, 3.63) is 59.7 Å². The van der Waals surface area contributed by atoms with Gasteiger partial charge in [0, 0.05) is 12.5 Å². The zero-order chi connectivity index (χ0) is 25.0. The van der Waals surface area contributed by atoms with Gasteiger partial charge in [-0.3, -0.25) is 4.79 Å². The molecule has 1 heterocycles. The van der Waals surface area contributed by atoms with Crippen molar-refractivity contribution in [3.63, 3.8) is 0 Å². The molecular formula is C28H32N2O5. The van der Waals surface area contributed by atoms with Gasteiger partial charge in [0.2, 0.25) is 5.91 Å². The van der Waals surface area contributed by atoms with Crippen LogP contribution in [0.25, 0.3) is 11.1 Å². The Balaban J connectivity index is 1.31. The molecular weight excluding hydrogens is 444 g/mol. The van der Waals surface area contributed by atoms with Gasteiger partial charge in [0.15, 0.2) is 0 Å². The van der Waals surface area contributed by atoms with E-state index in [4.69, 9.17) is 4.74 Å². The predicted molar refractivity (Wildman–Crippen MR) is 131 cm³/mol. The first-order valence-electron chi connectivity index (χ1n) is 12.3. The van der Waals surface area contributed by atoms with E-state index < -0.39 is 29.1 Å². The number of piperidine rings is 1. The number of carbonyl (C=O) groups excluding carboxylic acids is 2. The first-order valence-corrected chi connectivity index (χ1v) is 12.3. The van der Waals surface area contributed by atoms with Gasteiger partial charge in [-0.05, 0) is 52.8 Å². The van der Waals surface area contributed by atoms with Gasteiger partial charge < -0.3 is 20.1 Å². The molecule has 1 saturated carbocycles. The van der Waals surface area contributed by atoms with Crippen molar-refractivity contribution in [1.82, 2.24) is 10.2 Å². The first-order chi connectivity index (χ1) is 16.6. The number of carbonyl (C=O) groups is 3. The maximum Gasteiger partial charge on any atom is 0.407 e. The summed E-state index contributed by atoms with van der Waals surface area (Å²) < 4.78 is 5.68. The lowest BCUT2D eigenvalue weighted by Crippen LogP contribution is -2.60. The summed E-state index contributed by atoms with van der Waals surface area (Å²) in [6, 6.07) is 15.3. The van der Waals surface area contributed by atoms with Crippen LogP contribution >= 0.6 is 0 Å². The fourth-order valence-corrected chi connectivity index (χ4v) is 5.93. The number of benzene rings is 2.